The number of aryl methyl sites for hydroxylation is 2. The molecule has 1 aliphatic rings. The summed E-state index contributed by atoms with van der Waals surface area (Å²) in [5, 5.41) is 1.80. The van der Waals surface area contributed by atoms with E-state index in [0.29, 0.717) is 5.15 Å². The summed E-state index contributed by atoms with van der Waals surface area (Å²) >= 11 is 9.63. The molecule has 1 aliphatic carbocycles. The Balaban J connectivity index is 2.41. The molecular weight excluding hydrogens is 275 g/mol. The highest BCUT2D eigenvalue weighted by atomic mass is 79.9. The van der Waals surface area contributed by atoms with Crippen molar-refractivity contribution in [3.05, 3.63) is 27.1 Å². The van der Waals surface area contributed by atoms with E-state index in [0.717, 1.165) is 22.8 Å². The van der Waals surface area contributed by atoms with E-state index in [4.69, 9.17) is 11.6 Å². The van der Waals surface area contributed by atoms with Gasteiger partial charge in [-0.05, 0) is 47.2 Å². The lowest BCUT2D eigenvalue weighted by Gasteiger charge is -2.10. The molecule has 0 unspecified atom stereocenters. The van der Waals surface area contributed by atoms with E-state index in [2.05, 4.69) is 25.9 Å². The Morgan fingerprint density at radius 2 is 2.13 bits per heavy atom. The molecular formula is C11H10BrClN2. The fourth-order valence-electron chi connectivity index (χ4n) is 2.34. The Kier molecular flexibility index (Phi) is 2.25. The van der Waals surface area contributed by atoms with E-state index in [1.165, 1.54) is 29.5 Å². The van der Waals surface area contributed by atoms with Gasteiger partial charge in [0.15, 0.2) is 5.15 Å². The fourth-order valence-corrected chi connectivity index (χ4v) is 3.07. The van der Waals surface area contributed by atoms with Gasteiger partial charge in [-0.25, -0.2) is 4.98 Å². The van der Waals surface area contributed by atoms with Gasteiger partial charge in [-0.15, -0.1) is 0 Å². The lowest BCUT2D eigenvalue weighted by molar-refractivity contribution is 0.680. The minimum absolute atomic E-state index is 0.572. The maximum Gasteiger partial charge on any atom is 0.153 e. The minimum Gasteiger partial charge on any atom is -0.356 e. The van der Waals surface area contributed by atoms with Crippen LogP contribution in [-0.2, 0) is 12.8 Å². The Morgan fingerprint density at radius 3 is 3.00 bits per heavy atom. The molecule has 0 saturated heterocycles. The van der Waals surface area contributed by atoms with E-state index < -0.39 is 0 Å². The number of rotatable bonds is 0. The molecule has 1 N–H and O–H groups in total. The van der Waals surface area contributed by atoms with E-state index in [1.54, 1.807) is 6.20 Å². The van der Waals surface area contributed by atoms with Crippen molar-refractivity contribution >= 4 is 38.4 Å². The van der Waals surface area contributed by atoms with Crippen LogP contribution in [0.25, 0.3) is 10.9 Å². The highest BCUT2D eigenvalue weighted by Gasteiger charge is 2.18. The van der Waals surface area contributed by atoms with Crippen molar-refractivity contribution in [3.63, 3.8) is 0 Å². The van der Waals surface area contributed by atoms with Crippen LogP contribution in [0.2, 0.25) is 5.15 Å². The van der Waals surface area contributed by atoms with Crippen LogP contribution >= 0.6 is 27.5 Å². The first kappa shape index (κ1) is 9.67. The zero-order valence-electron chi connectivity index (χ0n) is 8.11. The van der Waals surface area contributed by atoms with Crippen molar-refractivity contribution in [1.29, 1.82) is 0 Å². The normalized spacial score (nSPS) is 15.6. The van der Waals surface area contributed by atoms with Crippen LogP contribution < -0.4 is 0 Å². The lowest BCUT2D eigenvalue weighted by atomic mass is 9.96. The molecule has 2 heterocycles. The molecule has 0 aliphatic heterocycles. The average molecular weight is 286 g/mol. The van der Waals surface area contributed by atoms with Crippen LogP contribution in [-0.4, -0.2) is 9.97 Å². The summed E-state index contributed by atoms with van der Waals surface area (Å²) in [6, 6.07) is 0. The standard InChI is InChI=1S/C11H10BrClN2/c12-7-5-14-11(13)10-9(7)6-3-1-2-4-8(6)15-10/h5,15H,1-4H2. The van der Waals surface area contributed by atoms with Gasteiger partial charge in [-0.3, -0.25) is 0 Å². The number of aromatic nitrogens is 2. The zero-order valence-corrected chi connectivity index (χ0v) is 10.5. The fraction of sp³-hybridized carbons (Fsp3) is 0.364. The van der Waals surface area contributed by atoms with Crippen LogP contribution in [0.5, 0.6) is 0 Å². The Morgan fingerprint density at radius 1 is 1.33 bits per heavy atom. The molecule has 0 atom stereocenters. The van der Waals surface area contributed by atoms with Gasteiger partial charge in [0.25, 0.3) is 0 Å². The molecule has 3 rings (SSSR count). The summed E-state index contributed by atoms with van der Waals surface area (Å²) in [5.74, 6) is 0. The van der Waals surface area contributed by atoms with Crippen LogP contribution in [0.4, 0.5) is 0 Å². The second kappa shape index (κ2) is 3.49. The molecule has 0 bridgehead atoms. The van der Waals surface area contributed by atoms with Crippen molar-refractivity contribution < 1.29 is 0 Å². The van der Waals surface area contributed by atoms with E-state index in [9.17, 15) is 0 Å². The van der Waals surface area contributed by atoms with Crippen LogP contribution in [0.1, 0.15) is 24.1 Å². The SMILES string of the molecule is Clc1ncc(Br)c2c3c([nH]c12)CCCC3. The topological polar surface area (TPSA) is 28.7 Å². The number of nitrogens with one attached hydrogen (secondary N) is 1. The van der Waals surface area contributed by atoms with Gasteiger partial charge in [0.1, 0.15) is 0 Å². The van der Waals surface area contributed by atoms with Crippen molar-refractivity contribution in [2.45, 2.75) is 25.7 Å². The molecule has 0 radical (unpaired) electrons. The molecule has 15 heavy (non-hydrogen) atoms. The maximum atomic E-state index is 6.09. The predicted octanol–water partition coefficient (Wildman–Crippen LogP) is 3.86. The number of hydrogen-bond acceptors (Lipinski definition) is 1. The van der Waals surface area contributed by atoms with Crippen molar-refractivity contribution in [2.24, 2.45) is 0 Å². The molecule has 2 aromatic rings. The third kappa shape index (κ3) is 1.41. The maximum absolute atomic E-state index is 6.09. The number of halogens is 2. The molecule has 0 spiro atoms. The molecule has 2 aromatic heterocycles. The Labute approximate surface area is 101 Å². The van der Waals surface area contributed by atoms with Gasteiger partial charge in [0, 0.05) is 21.7 Å². The van der Waals surface area contributed by atoms with Gasteiger partial charge < -0.3 is 4.98 Å². The van der Waals surface area contributed by atoms with Gasteiger partial charge in [-0.1, -0.05) is 11.6 Å². The summed E-state index contributed by atoms with van der Waals surface area (Å²) in [6.45, 7) is 0. The van der Waals surface area contributed by atoms with E-state index >= 15 is 0 Å². The van der Waals surface area contributed by atoms with Crippen LogP contribution in [0.3, 0.4) is 0 Å². The largest absolute Gasteiger partial charge is 0.356 e. The average Bonchev–Trinajstić information content (AvgIpc) is 2.64. The van der Waals surface area contributed by atoms with Crippen LogP contribution in [0, 0.1) is 0 Å². The Hall–Kier alpha value is -0.540. The first-order valence-corrected chi connectivity index (χ1v) is 6.28. The third-order valence-electron chi connectivity index (χ3n) is 3.03. The smallest absolute Gasteiger partial charge is 0.153 e. The number of pyridine rings is 1. The second-order valence-electron chi connectivity index (χ2n) is 3.94. The first-order chi connectivity index (χ1) is 7.27. The van der Waals surface area contributed by atoms with Crippen molar-refractivity contribution in [1.82, 2.24) is 9.97 Å². The zero-order chi connectivity index (χ0) is 10.4. The van der Waals surface area contributed by atoms with Gasteiger partial charge in [0.2, 0.25) is 0 Å². The molecule has 0 aromatic carbocycles. The number of fused-ring (bicyclic) bond motifs is 3. The second-order valence-corrected chi connectivity index (χ2v) is 5.15. The Bertz CT molecular complexity index is 533. The summed E-state index contributed by atoms with van der Waals surface area (Å²) < 4.78 is 1.04. The van der Waals surface area contributed by atoms with Gasteiger partial charge >= 0.3 is 0 Å². The summed E-state index contributed by atoms with van der Waals surface area (Å²) in [7, 11) is 0. The van der Waals surface area contributed by atoms with E-state index in [1.807, 2.05) is 0 Å². The molecule has 2 nitrogen and oxygen atoms in total. The van der Waals surface area contributed by atoms with Gasteiger partial charge in [0.05, 0.1) is 5.52 Å². The molecule has 78 valence electrons. The highest BCUT2D eigenvalue weighted by molar-refractivity contribution is 9.10. The minimum atomic E-state index is 0.572. The highest BCUT2D eigenvalue weighted by Crippen LogP contribution is 2.35. The number of aromatic amines is 1. The van der Waals surface area contributed by atoms with Gasteiger partial charge in [-0.2, -0.15) is 0 Å². The van der Waals surface area contributed by atoms with E-state index in [-0.39, 0.29) is 0 Å². The summed E-state index contributed by atoms with van der Waals surface area (Å²) in [6.07, 6.45) is 6.60. The predicted molar refractivity (Wildman–Crippen MR) is 65.4 cm³/mol. The first-order valence-electron chi connectivity index (χ1n) is 5.11. The van der Waals surface area contributed by atoms with Crippen molar-refractivity contribution in [3.8, 4) is 0 Å². The summed E-state index contributed by atoms with van der Waals surface area (Å²) in [5.41, 5.74) is 3.75. The molecule has 0 fully saturated rings. The number of hydrogen-bond donors (Lipinski definition) is 1. The van der Waals surface area contributed by atoms with Crippen LogP contribution in [0.15, 0.2) is 10.7 Å². The lowest BCUT2D eigenvalue weighted by Crippen LogP contribution is -2.00. The molecule has 4 heteroatoms. The third-order valence-corrected chi connectivity index (χ3v) is 3.92. The monoisotopic (exact) mass is 284 g/mol. The quantitative estimate of drug-likeness (QED) is 0.732. The number of nitrogens with zero attached hydrogens (tertiary/aromatic N) is 1. The molecule has 0 saturated carbocycles. The molecule has 0 amide bonds. The summed E-state index contributed by atoms with van der Waals surface area (Å²) in [4.78, 5) is 7.54. The van der Waals surface area contributed by atoms with Crippen molar-refractivity contribution in [2.75, 3.05) is 0 Å². The number of H-pyrrole nitrogens is 1.